The highest BCUT2D eigenvalue weighted by atomic mass is 16.2. The fourth-order valence-corrected chi connectivity index (χ4v) is 3.56. The van der Waals surface area contributed by atoms with Crippen LogP contribution in [0.3, 0.4) is 0 Å². The maximum Gasteiger partial charge on any atom is 0.227 e. The Bertz CT molecular complexity index is 994. The van der Waals surface area contributed by atoms with Crippen LogP contribution in [0.5, 0.6) is 0 Å². The maximum atomic E-state index is 11.9. The van der Waals surface area contributed by atoms with Gasteiger partial charge < -0.3 is 10.2 Å². The second-order valence-corrected chi connectivity index (χ2v) is 7.21. The number of hydrogen-bond donors (Lipinski definition) is 1. The Balaban J connectivity index is 1.49. The number of carbonyl (C=O) groups is 1. The summed E-state index contributed by atoms with van der Waals surface area (Å²) in [6.45, 7) is 6.84. The van der Waals surface area contributed by atoms with Crippen LogP contribution in [0, 0.1) is 13.8 Å². The molecule has 1 aliphatic heterocycles. The number of amides is 1. The number of carbonyl (C=O) groups excluding carboxylic acids is 1. The number of aryl methyl sites for hydroxylation is 2. The van der Waals surface area contributed by atoms with Gasteiger partial charge in [0.1, 0.15) is 5.82 Å². The van der Waals surface area contributed by atoms with Gasteiger partial charge in [-0.2, -0.15) is 5.10 Å². The van der Waals surface area contributed by atoms with E-state index in [4.69, 9.17) is 0 Å². The number of aromatic nitrogens is 4. The number of hydrogen-bond acceptors (Lipinski definition) is 5. The summed E-state index contributed by atoms with van der Waals surface area (Å²) in [6, 6.07) is 10.2. The van der Waals surface area contributed by atoms with Gasteiger partial charge in [-0.25, -0.2) is 9.67 Å². The minimum absolute atomic E-state index is 0.0494. The normalized spacial score (nSPS) is 15.1. The first-order valence-corrected chi connectivity index (χ1v) is 9.54. The van der Waals surface area contributed by atoms with E-state index < -0.39 is 0 Å². The number of nitrogens with one attached hydrogen (secondary N) is 1. The van der Waals surface area contributed by atoms with Gasteiger partial charge in [0.2, 0.25) is 5.91 Å². The van der Waals surface area contributed by atoms with Crippen LogP contribution in [0.25, 0.3) is 5.82 Å². The van der Waals surface area contributed by atoms with E-state index >= 15 is 0 Å². The molecule has 1 fully saturated rings. The molecule has 7 heteroatoms. The maximum absolute atomic E-state index is 11.9. The van der Waals surface area contributed by atoms with Crippen molar-refractivity contribution < 1.29 is 4.79 Å². The smallest absolute Gasteiger partial charge is 0.227 e. The predicted octanol–water partition coefficient (Wildman–Crippen LogP) is 3.58. The predicted molar refractivity (Wildman–Crippen MR) is 109 cm³/mol. The van der Waals surface area contributed by atoms with Gasteiger partial charge in [0.05, 0.1) is 18.1 Å². The molecule has 0 radical (unpaired) electrons. The molecule has 2 aromatic heterocycles. The van der Waals surface area contributed by atoms with Crippen molar-refractivity contribution in [1.82, 2.24) is 19.7 Å². The highest BCUT2D eigenvalue weighted by molar-refractivity contribution is 5.95. The van der Waals surface area contributed by atoms with Crippen LogP contribution in [0.2, 0.25) is 0 Å². The number of nitrogens with zero attached hydrogens (tertiary/aromatic N) is 5. The van der Waals surface area contributed by atoms with Gasteiger partial charge in [-0.05, 0) is 51.0 Å². The average molecular weight is 376 g/mol. The Morgan fingerprint density at radius 2 is 1.93 bits per heavy atom. The molecule has 144 valence electrons. The van der Waals surface area contributed by atoms with Crippen molar-refractivity contribution >= 4 is 17.4 Å². The van der Waals surface area contributed by atoms with E-state index in [1.165, 1.54) is 0 Å². The van der Waals surface area contributed by atoms with Gasteiger partial charge in [-0.1, -0.05) is 12.1 Å². The van der Waals surface area contributed by atoms with Crippen molar-refractivity contribution in [2.45, 2.75) is 39.7 Å². The van der Waals surface area contributed by atoms with Crippen molar-refractivity contribution in [3.05, 3.63) is 59.7 Å². The first-order chi connectivity index (χ1) is 13.5. The third-order valence-corrected chi connectivity index (χ3v) is 4.99. The highest BCUT2D eigenvalue weighted by Crippen LogP contribution is 2.25. The second-order valence-electron chi connectivity index (χ2n) is 7.21. The lowest BCUT2D eigenvalue weighted by molar-refractivity contribution is -0.117. The van der Waals surface area contributed by atoms with Crippen molar-refractivity contribution in [2.75, 3.05) is 16.8 Å². The molecule has 4 rings (SSSR count). The molecule has 1 aromatic carbocycles. The van der Waals surface area contributed by atoms with Crippen LogP contribution in [0.15, 0.2) is 42.7 Å². The summed E-state index contributed by atoms with van der Waals surface area (Å²) in [6.07, 6.45) is 4.99. The topological polar surface area (TPSA) is 75.9 Å². The second kappa shape index (κ2) is 7.42. The fourth-order valence-electron chi connectivity index (χ4n) is 3.56. The molecule has 1 atom stereocenters. The number of rotatable bonds is 5. The molecule has 1 N–H and O–H groups in total. The highest BCUT2D eigenvalue weighted by Gasteiger charge is 2.21. The fraction of sp³-hybridized carbons (Fsp3) is 0.333. The summed E-state index contributed by atoms with van der Waals surface area (Å²) in [5, 5.41) is 7.86. The summed E-state index contributed by atoms with van der Waals surface area (Å²) >= 11 is 0. The lowest BCUT2D eigenvalue weighted by Crippen LogP contribution is -2.23. The van der Waals surface area contributed by atoms with Gasteiger partial charge >= 0.3 is 0 Å². The van der Waals surface area contributed by atoms with Crippen LogP contribution in [-0.2, 0) is 4.79 Å². The summed E-state index contributed by atoms with van der Waals surface area (Å²) in [7, 11) is 0. The van der Waals surface area contributed by atoms with Gasteiger partial charge in [0.15, 0.2) is 5.82 Å². The Morgan fingerprint density at radius 3 is 2.57 bits per heavy atom. The van der Waals surface area contributed by atoms with Crippen LogP contribution in [0.4, 0.5) is 11.5 Å². The van der Waals surface area contributed by atoms with Gasteiger partial charge in [0.25, 0.3) is 0 Å². The zero-order valence-electron chi connectivity index (χ0n) is 16.4. The van der Waals surface area contributed by atoms with Gasteiger partial charge in [0, 0.05) is 30.4 Å². The van der Waals surface area contributed by atoms with Crippen LogP contribution < -0.4 is 10.2 Å². The van der Waals surface area contributed by atoms with Crippen LogP contribution in [0.1, 0.15) is 42.8 Å². The first kappa shape index (κ1) is 18.2. The van der Waals surface area contributed by atoms with Crippen molar-refractivity contribution in [3.63, 3.8) is 0 Å². The van der Waals surface area contributed by atoms with E-state index in [1.54, 1.807) is 17.1 Å². The van der Waals surface area contributed by atoms with E-state index in [1.807, 2.05) is 36.9 Å². The van der Waals surface area contributed by atoms with Gasteiger partial charge in [-0.3, -0.25) is 9.78 Å². The van der Waals surface area contributed by atoms with E-state index in [0.29, 0.717) is 18.1 Å². The van der Waals surface area contributed by atoms with Gasteiger partial charge in [-0.15, -0.1) is 0 Å². The van der Waals surface area contributed by atoms with Crippen LogP contribution >= 0.6 is 0 Å². The van der Waals surface area contributed by atoms with Crippen LogP contribution in [-0.4, -0.2) is 32.2 Å². The average Bonchev–Trinajstić information content (AvgIpc) is 3.26. The van der Waals surface area contributed by atoms with Crippen molar-refractivity contribution in [2.24, 2.45) is 0 Å². The molecular formula is C21H24N6O. The molecule has 0 spiro atoms. The molecular weight excluding hydrogens is 352 g/mol. The number of anilines is 2. The minimum Gasteiger partial charge on any atom is -0.362 e. The SMILES string of the molecule is Cc1cc(C)n(-c2cncc(NC(C)c3ccc(N4CCCC4=O)cc3)n2)n1. The summed E-state index contributed by atoms with van der Waals surface area (Å²) in [5.74, 6) is 1.58. The first-order valence-electron chi connectivity index (χ1n) is 9.54. The Morgan fingerprint density at radius 1 is 1.14 bits per heavy atom. The Labute approximate surface area is 164 Å². The van der Waals surface area contributed by atoms with E-state index in [0.717, 1.165) is 35.6 Å². The number of benzene rings is 1. The Hall–Kier alpha value is -3.22. The summed E-state index contributed by atoms with van der Waals surface area (Å²) < 4.78 is 1.79. The molecule has 28 heavy (non-hydrogen) atoms. The monoisotopic (exact) mass is 376 g/mol. The summed E-state index contributed by atoms with van der Waals surface area (Å²) in [5.41, 5.74) is 4.05. The molecule has 1 saturated heterocycles. The molecule has 0 bridgehead atoms. The molecule has 1 amide bonds. The largest absolute Gasteiger partial charge is 0.362 e. The zero-order valence-corrected chi connectivity index (χ0v) is 16.4. The van der Waals surface area contributed by atoms with E-state index in [9.17, 15) is 4.79 Å². The zero-order chi connectivity index (χ0) is 19.7. The molecule has 0 aliphatic carbocycles. The van der Waals surface area contributed by atoms with Crippen molar-refractivity contribution in [1.29, 1.82) is 0 Å². The summed E-state index contributed by atoms with van der Waals surface area (Å²) in [4.78, 5) is 22.7. The molecule has 3 heterocycles. The third kappa shape index (κ3) is 3.60. The standard InChI is InChI=1S/C21H24N6O/c1-14-11-15(2)27(25-14)20-13-22-12-19(24-20)23-16(3)17-6-8-18(9-7-17)26-10-4-5-21(26)28/h6-9,11-13,16H,4-5,10H2,1-3H3,(H,23,24). The third-order valence-electron chi connectivity index (χ3n) is 4.99. The quantitative estimate of drug-likeness (QED) is 0.737. The minimum atomic E-state index is 0.0494. The van der Waals surface area contributed by atoms with E-state index in [-0.39, 0.29) is 11.9 Å². The van der Waals surface area contributed by atoms with E-state index in [2.05, 4.69) is 39.4 Å². The molecule has 3 aromatic rings. The lowest BCUT2D eigenvalue weighted by Gasteiger charge is -2.19. The molecule has 0 saturated carbocycles. The molecule has 1 unspecified atom stereocenters. The molecule has 1 aliphatic rings. The molecule has 7 nitrogen and oxygen atoms in total. The lowest BCUT2D eigenvalue weighted by atomic mass is 10.1. The van der Waals surface area contributed by atoms with Crippen molar-refractivity contribution in [3.8, 4) is 5.82 Å². The Kier molecular flexibility index (Phi) is 4.81.